The minimum atomic E-state index is -0.549. The molecular weight excluding hydrogens is 370 g/mol. The van der Waals surface area contributed by atoms with Crippen LogP contribution in [0.5, 0.6) is 0 Å². The van der Waals surface area contributed by atoms with Crippen LogP contribution in [0.3, 0.4) is 0 Å². The normalized spacial score (nSPS) is 11.7. The molecule has 0 aliphatic heterocycles. The quantitative estimate of drug-likeness (QED) is 0.400. The van der Waals surface area contributed by atoms with Gasteiger partial charge in [0, 0.05) is 12.1 Å². The zero-order valence-corrected chi connectivity index (χ0v) is 16.6. The van der Waals surface area contributed by atoms with E-state index in [1.807, 2.05) is 66.7 Å². The molecule has 0 spiro atoms. The van der Waals surface area contributed by atoms with E-state index in [-0.39, 0.29) is 5.91 Å². The standard InChI is InChI=1S/C27H23NO2/c29-20-26(18-21-9-3-1-4-10-21)28(27(30)24-12-5-2-6-13-24)19-22-15-16-23-11-7-8-14-25(23)17-22/h1-17,20,26H,18-19H2. The van der Waals surface area contributed by atoms with E-state index in [4.69, 9.17) is 0 Å². The number of hydrogen-bond acceptors (Lipinski definition) is 2. The molecule has 0 radical (unpaired) electrons. The average molecular weight is 393 g/mol. The van der Waals surface area contributed by atoms with Gasteiger partial charge < -0.3 is 9.69 Å². The number of rotatable bonds is 7. The van der Waals surface area contributed by atoms with Crippen molar-refractivity contribution in [3.8, 4) is 0 Å². The summed E-state index contributed by atoms with van der Waals surface area (Å²) in [6, 6.07) is 32.7. The molecule has 0 fully saturated rings. The largest absolute Gasteiger partial charge is 0.324 e. The number of hydrogen-bond donors (Lipinski definition) is 0. The summed E-state index contributed by atoms with van der Waals surface area (Å²) in [6.45, 7) is 0.370. The fraction of sp³-hybridized carbons (Fsp3) is 0.111. The second-order valence-electron chi connectivity index (χ2n) is 7.37. The van der Waals surface area contributed by atoms with Gasteiger partial charge in [-0.2, -0.15) is 0 Å². The molecule has 1 atom stereocenters. The minimum absolute atomic E-state index is 0.142. The van der Waals surface area contributed by atoms with Crippen molar-refractivity contribution in [1.29, 1.82) is 0 Å². The topological polar surface area (TPSA) is 37.4 Å². The fourth-order valence-electron chi connectivity index (χ4n) is 3.71. The fourth-order valence-corrected chi connectivity index (χ4v) is 3.71. The molecule has 0 heterocycles. The Bertz CT molecular complexity index is 1140. The van der Waals surface area contributed by atoms with E-state index in [9.17, 15) is 9.59 Å². The Balaban J connectivity index is 1.68. The lowest BCUT2D eigenvalue weighted by Crippen LogP contribution is -2.42. The first-order valence-corrected chi connectivity index (χ1v) is 10.1. The third-order valence-electron chi connectivity index (χ3n) is 5.29. The van der Waals surface area contributed by atoms with Crippen molar-refractivity contribution < 1.29 is 9.59 Å². The van der Waals surface area contributed by atoms with Crippen molar-refractivity contribution in [2.45, 2.75) is 19.0 Å². The van der Waals surface area contributed by atoms with Crippen LogP contribution in [0.15, 0.2) is 103 Å². The van der Waals surface area contributed by atoms with Crippen molar-refractivity contribution in [2.75, 3.05) is 0 Å². The van der Waals surface area contributed by atoms with Gasteiger partial charge in [-0.05, 0) is 46.5 Å². The van der Waals surface area contributed by atoms with E-state index in [1.165, 1.54) is 0 Å². The third kappa shape index (κ3) is 4.47. The molecule has 0 aliphatic rings. The molecule has 4 rings (SSSR count). The van der Waals surface area contributed by atoms with E-state index < -0.39 is 6.04 Å². The summed E-state index contributed by atoms with van der Waals surface area (Å²) < 4.78 is 0. The van der Waals surface area contributed by atoms with Gasteiger partial charge in [0.05, 0.1) is 6.04 Å². The molecule has 30 heavy (non-hydrogen) atoms. The third-order valence-corrected chi connectivity index (χ3v) is 5.29. The van der Waals surface area contributed by atoms with Crippen LogP contribution < -0.4 is 0 Å². The first kappa shape index (κ1) is 19.6. The first-order valence-electron chi connectivity index (χ1n) is 10.1. The summed E-state index contributed by atoms with van der Waals surface area (Å²) in [5.41, 5.74) is 2.61. The number of carbonyl (C=O) groups is 2. The molecule has 0 aliphatic carbocycles. The second kappa shape index (κ2) is 9.19. The van der Waals surface area contributed by atoms with Crippen LogP contribution >= 0.6 is 0 Å². The first-order chi connectivity index (χ1) is 14.7. The Labute approximate surface area is 176 Å². The van der Waals surface area contributed by atoms with Gasteiger partial charge in [-0.1, -0.05) is 84.9 Å². The molecule has 0 saturated carbocycles. The lowest BCUT2D eigenvalue weighted by Gasteiger charge is -2.29. The van der Waals surface area contributed by atoms with E-state index in [2.05, 4.69) is 24.3 Å². The summed E-state index contributed by atoms with van der Waals surface area (Å²) in [5.74, 6) is -0.142. The van der Waals surface area contributed by atoms with Crippen LogP contribution in [-0.4, -0.2) is 23.1 Å². The van der Waals surface area contributed by atoms with Crippen LogP contribution in [0.4, 0.5) is 0 Å². The summed E-state index contributed by atoms with van der Waals surface area (Å²) in [5, 5.41) is 2.27. The van der Waals surface area contributed by atoms with E-state index >= 15 is 0 Å². The average Bonchev–Trinajstić information content (AvgIpc) is 2.82. The van der Waals surface area contributed by atoms with Crippen LogP contribution in [0.2, 0.25) is 0 Å². The summed E-state index contributed by atoms with van der Waals surface area (Å²) in [7, 11) is 0. The number of aldehydes is 1. The van der Waals surface area contributed by atoms with Crippen LogP contribution in [0.25, 0.3) is 10.8 Å². The smallest absolute Gasteiger partial charge is 0.254 e. The van der Waals surface area contributed by atoms with Gasteiger partial charge in [0.25, 0.3) is 5.91 Å². The molecule has 1 unspecified atom stereocenters. The maximum atomic E-state index is 13.4. The van der Waals surface area contributed by atoms with Crippen molar-refractivity contribution in [3.63, 3.8) is 0 Å². The Morgan fingerprint density at radius 2 is 1.37 bits per heavy atom. The van der Waals surface area contributed by atoms with Crippen molar-refractivity contribution in [3.05, 3.63) is 120 Å². The zero-order chi connectivity index (χ0) is 20.8. The van der Waals surface area contributed by atoms with Crippen LogP contribution in [0.1, 0.15) is 21.5 Å². The lowest BCUT2D eigenvalue weighted by molar-refractivity contribution is -0.111. The van der Waals surface area contributed by atoms with Gasteiger partial charge in [-0.25, -0.2) is 0 Å². The predicted molar refractivity (Wildman–Crippen MR) is 120 cm³/mol. The Morgan fingerprint density at radius 1 is 0.733 bits per heavy atom. The van der Waals surface area contributed by atoms with Gasteiger partial charge in [-0.3, -0.25) is 4.79 Å². The Kier molecular flexibility index (Phi) is 6.00. The molecular formula is C27H23NO2. The molecule has 3 nitrogen and oxygen atoms in total. The summed E-state index contributed by atoms with van der Waals surface area (Å²) in [6.07, 6.45) is 1.37. The maximum absolute atomic E-state index is 13.4. The maximum Gasteiger partial charge on any atom is 0.254 e. The number of benzene rings is 4. The van der Waals surface area contributed by atoms with E-state index in [0.717, 1.165) is 28.2 Å². The van der Waals surface area contributed by atoms with Gasteiger partial charge in [-0.15, -0.1) is 0 Å². The molecule has 4 aromatic rings. The van der Waals surface area contributed by atoms with Crippen molar-refractivity contribution >= 4 is 23.0 Å². The summed E-state index contributed by atoms with van der Waals surface area (Å²) in [4.78, 5) is 27.1. The highest BCUT2D eigenvalue weighted by atomic mass is 16.2. The second-order valence-corrected chi connectivity index (χ2v) is 7.37. The van der Waals surface area contributed by atoms with Gasteiger partial charge in [0.15, 0.2) is 0 Å². The molecule has 0 saturated heterocycles. The van der Waals surface area contributed by atoms with E-state index in [0.29, 0.717) is 18.5 Å². The number of carbonyl (C=O) groups excluding carboxylic acids is 2. The number of amides is 1. The molecule has 1 amide bonds. The predicted octanol–water partition coefficient (Wildman–Crippen LogP) is 5.29. The zero-order valence-electron chi connectivity index (χ0n) is 16.6. The van der Waals surface area contributed by atoms with E-state index in [1.54, 1.807) is 17.0 Å². The number of nitrogens with zero attached hydrogens (tertiary/aromatic N) is 1. The summed E-state index contributed by atoms with van der Waals surface area (Å²) >= 11 is 0. The highest BCUT2D eigenvalue weighted by Gasteiger charge is 2.25. The highest BCUT2D eigenvalue weighted by molar-refractivity contribution is 5.95. The minimum Gasteiger partial charge on any atom is -0.324 e. The van der Waals surface area contributed by atoms with Crippen LogP contribution in [-0.2, 0) is 17.8 Å². The van der Waals surface area contributed by atoms with Crippen molar-refractivity contribution in [1.82, 2.24) is 4.90 Å². The Hall–Kier alpha value is -3.72. The van der Waals surface area contributed by atoms with Crippen LogP contribution in [0, 0.1) is 0 Å². The number of fused-ring (bicyclic) bond motifs is 1. The van der Waals surface area contributed by atoms with Gasteiger partial charge >= 0.3 is 0 Å². The SMILES string of the molecule is O=CC(Cc1ccccc1)N(Cc1ccc2ccccc2c1)C(=O)c1ccccc1. The molecule has 148 valence electrons. The Morgan fingerprint density at radius 3 is 2.07 bits per heavy atom. The highest BCUT2D eigenvalue weighted by Crippen LogP contribution is 2.20. The molecule has 0 N–H and O–H groups in total. The molecule has 4 aromatic carbocycles. The van der Waals surface area contributed by atoms with Crippen molar-refractivity contribution in [2.24, 2.45) is 0 Å². The molecule has 3 heteroatoms. The monoisotopic (exact) mass is 393 g/mol. The molecule has 0 bridgehead atoms. The van der Waals surface area contributed by atoms with Gasteiger partial charge in [0.1, 0.15) is 6.29 Å². The molecule has 0 aromatic heterocycles. The lowest BCUT2D eigenvalue weighted by atomic mass is 10.0. The van der Waals surface area contributed by atoms with Gasteiger partial charge in [0.2, 0.25) is 0 Å².